The van der Waals surface area contributed by atoms with Crippen LogP contribution in [0.2, 0.25) is 0 Å². The van der Waals surface area contributed by atoms with Crippen molar-refractivity contribution in [2.75, 3.05) is 59.5 Å². The van der Waals surface area contributed by atoms with Crippen molar-refractivity contribution in [1.29, 1.82) is 0 Å². The third-order valence-corrected chi connectivity index (χ3v) is 7.49. The predicted molar refractivity (Wildman–Crippen MR) is 176 cm³/mol. The van der Waals surface area contributed by atoms with Crippen molar-refractivity contribution in [2.24, 2.45) is 5.41 Å². The second-order valence-electron chi connectivity index (χ2n) is 11.1. The molecule has 0 aromatic heterocycles. The molecule has 0 bridgehead atoms. The molecule has 256 valence electrons. The molecule has 0 saturated carbocycles. The zero-order valence-electron chi connectivity index (χ0n) is 27.2. The van der Waals surface area contributed by atoms with Crippen molar-refractivity contribution in [1.82, 2.24) is 0 Å². The Hall–Kier alpha value is -4.71. The molecule has 0 aliphatic carbocycles. The van der Waals surface area contributed by atoms with Gasteiger partial charge in [-0.3, -0.25) is 0 Å². The zero-order chi connectivity index (χ0) is 34.0. The van der Waals surface area contributed by atoms with Crippen LogP contribution in [0.5, 0.6) is 23.0 Å². The van der Waals surface area contributed by atoms with E-state index in [4.69, 9.17) is 37.9 Å². The largest absolute Gasteiger partial charge is 0.494 e. The molecule has 0 amide bonds. The summed E-state index contributed by atoms with van der Waals surface area (Å²) in [6.45, 7) is 10.0. The molecule has 11 heteroatoms. The van der Waals surface area contributed by atoms with E-state index in [2.05, 4.69) is 13.5 Å². The van der Waals surface area contributed by atoms with Crippen molar-refractivity contribution in [3.63, 3.8) is 0 Å². The molecule has 1 heterocycles. The lowest BCUT2D eigenvalue weighted by atomic mass is 9.84. The Morgan fingerprint density at radius 1 is 0.667 bits per heavy atom. The minimum atomic E-state index is -0.552. The monoisotopic (exact) mass is 662 g/mol. The smallest absolute Gasteiger partial charge is 0.343 e. The summed E-state index contributed by atoms with van der Waals surface area (Å²) >= 11 is 0. The van der Waals surface area contributed by atoms with Gasteiger partial charge in [-0.25, -0.2) is 14.4 Å². The molecule has 1 aliphatic rings. The Labute approximate surface area is 280 Å². The first-order valence-corrected chi connectivity index (χ1v) is 15.9. The summed E-state index contributed by atoms with van der Waals surface area (Å²) in [4.78, 5) is 36.2. The van der Waals surface area contributed by atoms with Crippen LogP contribution in [-0.2, 0) is 23.7 Å². The van der Waals surface area contributed by atoms with Crippen LogP contribution >= 0.6 is 0 Å². The van der Waals surface area contributed by atoms with Gasteiger partial charge in [0.1, 0.15) is 36.2 Å². The molecule has 4 rings (SSSR count). The topological polar surface area (TPSA) is 125 Å². The predicted octanol–water partition coefficient (Wildman–Crippen LogP) is 5.85. The first-order valence-electron chi connectivity index (χ1n) is 15.9. The molecule has 0 atom stereocenters. The maximum Gasteiger partial charge on any atom is 0.343 e. The van der Waals surface area contributed by atoms with Gasteiger partial charge in [0.2, 0.25) is 0 Å². The number of esters is 3. The van der Waals surface area contributed by atoms with Gasteiger partial charge < -0.3 is 37.9 Å². The van der Waals surface area contributed by atoms with Crippen LogP contribution in [0.15, 0.2) is 85.5 Å². The van der Waals surface area contributed by atoms with Crippen LogP contribution in [0.4, 0.5) is 0 Å². The van der Waals surface area contributed by atoms with E-state index in [1.54, 1.807) is 72.8 Å². The molecule has 11 nitrogen and oxygen atoms in total. The van der Waals surface area contributed by atoms with Gasteiger partial charge in [0, 0.05) is 18.1 Å². The average molecular weight is 663 g/mol. The number of rotatable bonds is 21. The molecular weight excluding hydrogens is 620 g/mol. The van der Waals surface area contributed by atoms with Crippen molar-refractivity contribution in [2.45, 2.75) is 26.2 Å². The van der Waals surface area contributed by atoms with E-state index in [0.717, 1.165) is 45.2 Å². The van der Waals surface area contributed by atoms with Gasteiger partial charge in [0.05, 0.1) is 50.8 Å². The lowest BCUT2D eigenvalue weighted by Gasteiger charge is -2.40. The summed E-state index contributed by atoms with van der Waals surface area (Å²) in [5.41, 5.74) is 0.915. The fourth-order valence-electron chi connectivity index (χ4n) is 4.43. The van der Waals surface area contributed by atoms with Gasteiger partial charge in [-0.15, -0.1) is 0 Å². The minimum absolute atomic E-state index is 0.134. The second-order valence-corrected chi connectivity index (χ2v) is 11.1. The molecule has 0 radical (unpaired) electrons. The molecule has 1 fully saturated rings. The molecule has 3 aromatic carbocycles. The van der Waals surface area contributed by atoms with E-state index in [1.807, 2.05) is 0 Å². The number of ether oxygens (including phenoxy) is 8. The highest BCUT2D eigenvalue weighted by molar-refractivity contribution is 5.92. The summed E-state index contributed by atoms with van der Waals surface area (Å²) in [6, 6.07) is 19.4. The third-order valence-electron chi connectivity index (χ3n) is 7.49. The fourth-order valence-corrected chi connectivity index (χ4v) is 4.43. The van der Waals surface area contributed by atoms with Crippen molar-refractivity contribution in [3.05, 3.63) is 96.6 Å². The summed E-state index contributed by atoms with van der Waals surface area (Å²) in [6.07, 6.45) is 3.93. The Morgan fingerprint density at radius 2 is 1.17 bits per heavy atom. The quantitative estimate of drug-likeness (QED) is 0.0590. The lowest BCUT2D eigenvalue weighted by molar-refractivity contribution is -0.150. The Kier molecular flexibility index (Phi) is 14.4. The Morgan fingerprint density at radius 3 is 1.67 bits per heavy atom. The highest BCUT2D eigenvalue weighted by Crippen LogP contribution is 2.31. The van der Waals surface area contributed by atoms with Crippen LogP contribution in [0.25, 0.3) is 0 Å². The summed E-state index contributed by atoms with van der Waals surface area (Å²) in [7, 11) is 0. The van der Waals surface area contributed by atoms with Gasteiger partial charge in [0.15, 0.2) is 0 Å². The minimum Gasteiger partial charge on any atom is -0.494 e. The summed E-state index contributed by atoms with van der Waals surface area (Å²) in [5, 5.41) is 0. The van der Waals surface area contributed by atoms with Crippen molar-refractivity contribution < 1.29 is 52.3 Å². The number of benzene rings is 3. The number of hydrogen-bond acceptors (Lipinski definition) is 11. The van der Waals surface area contributed by atoms with Crippen LogP contribution in [0, 0.1) is 5.41 Å². The molecule has 1 saturated heterocycles. The van der Waals surface area contributed by atoms with Gasteiger partial charge in [0.25, 0.3) is 0 Å². The lowest BCUT2D eigenvalue weighted by Crippen LogP contribution is -2.45. The summed E-state index contributed by atoms with van der Waals surface area (Å²) in [5.74, 6) is 0.252. The number of carbonyl (C=O) groups is 3. The van der Waals surface area contributed by atoms with Crippen LogP contribution in [0.3, 0.4) is 0 Å². The maximum atomic E-state index is 12.6. The van der Waals surface area contributed by atoms with Crippen LogP contribution in [0.1, 0.15) is 46.9 Å². The molecule has 3 aromatic rings. The van der Waals surface area contributed by atoms with Crippen LogP contribution < -0.4 is 18.9 Å². The second kappa shape index (κ2) is 19.2. The van der Waals surface area contributed by atoms with Gasteiger partial charge in [-0.05, 0) is 92.1 Å². The highest BCUT2D eigenvalue weighted by atomic mass is 16.6. The van der Waals surface area contributed by atoms with E-state index in [-0.39, 0.29) is 25.2 Å². The fraction of sp³-hybridized carbons (Fsp3) is 0.378. The molecular formula is C37H42O11. The molecule has 48 heavy (non-hydrogen) atoms. The standard InChI is InChI=1S/C37H42O11/c1-3-34(38)46-24-22-41-21-23-45-31-13-9-29(10-14-31)36(40)48-33-17-15-32(16-18-33)47-35(39)28-7-11-30(12-8-28)44-20-6-5-19-42-25-37(4-2)26-43-27-37/h3,7-18H,1,4-6,19-27H2,2H3. The van der Waals surface area contributed by atoms with E-state index in [1.165, 1.54) is 0 Å². The zero-order valence-corrected chi connectivity index (χ0v) is 27.2. The van der Waals surface area contributed by atoms with E-state index in [9.17, 15) is 14.4 Å². The van der Waals surface area contributed by atoms with Gasteiger partial charge in [-0.2, -0.15) is 0 Å². The Bertz CT molecular complexity index is 1440. The van der Waals surface area contributed by atoms with Gasteiger partial charge in [-0.1, -0.05) is 13.5 Å². The van der Waals surface area contributed by atoms with E-state index < -0.39 is 17.9 Å². The number of unbranched alkanes of at least 4 members (excludes halogenated alkanes) is 1. The van der Waals surface area contributed by atoms with E-state index in [0.29, 0.717) is 53.9 Å². The number of hydrogen-bond donors (Lipinski definition) is 0. The van der Waals surface area contributed by atoms with Gasteiger partial charge >= 0.3 is 17.9 Å². The SMILES string of the molecule is C=CC(=O)OCCOCCOc1ccc(C(=O)Oc2ccc(OC(=O)c3ccc(OCCCCOCC4(CC)COC4)cc3)cc2)cc1. The summed E-state index contributed by atoms with van der Waals surface area (Å²) < 4.78 is 43.5. The highest BCUT2D eigenvalue weighted by Gasteiger charge is 2.36. The molecule has 1 aliphatic heterocycles. The maximum absolute atomic E-state index is 12.6. The van der Waals surface area contributed by atoms with Crippen LogP contribution in [-0.4, -0.2) is 77.4 Å². The molecule has 0 spiro atoms. The number of carbonyl (C=O) groups excluding carboxylic acids is 3. The van der Waals surface area contributed by atoms with Crippen molar-refractivity contribution >= 4 is 17.9 Å². The first kappa shape index (κ1) is 36.1. The van der Waals surface area contributed by atoms with E-state index >= 15 is 0 Å². The molecule has 0 N–H and O–H groups in total. The van der Waals surface area contributed by atoms with Crippen molar-refractivity contribution in [3.8, 4) is 23.0 Å². The normalized spacial score (nSPS) is 13.1. The third kappa shape index (κ3) is 11.8. The average Bonchev–Trinajstić information content (AvgIpc) is 3.09. The molecule has 0 unspecified atom stereocenters. The first-order chi connectivity index (χ1) is 23.4. The Balaban J connectivity index is 1.10.